The first kappa shape index (κ1) is 21.9. The fraction of sp³-hybridized carbons (Fsp3) is 0.348. The van der Waals surface area contributed by atoms with Crippen LogP contribution >= 0.6 is 23.4 Å². The van der Waals surface area contributed by atoms with Crippen LogP contribution in [0.1, 0.15) is 25.3 Å². The van der Waals surface area contributed by atoms with E-state index in [2.05, 4.69) is 39.5 Å². The first-order chi connectivity index (χ1) is 15.1. The minimum Gasteiger partial charge on any atom is -0.325 e. The van der Waals surface area contributed by atoms with Crippen LogP contribution in [0.2, 0.25) is 5.02 Å². The summed E-state index contributed by atoms with van der Waals surface area (Å²) in [6.45, 7) is 5.62. The van der Waals surface area contributed by atoms with E-state index < -0.39 is 0 Å². The zero-order chi connectivity index (χ0) is 21.6. The molecule has 0 aliphatic carbocycles. The van der Waals surface area contributed by atoms with Crippen molar-refractivity contribution in [3.63, 3.8) is 0 Å². The molecule has 31 heavy (non-hydrogen) atoms. The Morgan fingerprint density at radius 2 is 1.97 bits per heavy atom. The number of anilines is 1. The maximum absolute atomic E-state index is 12.4. The second kappa shape index (κ2) is 10.3. The number of amides is 1. The van der Waals surface area contributed by atoms with E-state index in [1.807, 2.05) is 41.0 Å². The summed E-state index contributed by atoms with van der Waals surface area (Å²) in [5.41, 5.74) is 2.94. The Morgan fingerprint density at radius 3 is 2.71 bits per heavy atom. The first-order valence-corrected chi connectivity index (χ1v) is 11.8. The standard InChI is InChI=1S/C23H26ClN5OS/c1-17-9-11-28(12-10-17)14-18-5-7-20(8-6-18)26-22(30)15-31-23-27-25-16-29(23)21-4-2-3-19(24)13-21/h2-8,13,16-17H,9-12,14-15H2,1H3,(H,26,30). The molecule has 1 aliphatic heterocycles. The lowest BCUT2D eigenvalue weighted by Crippen LogP contribution is -2.32. The predicted octanol–water partition coefficient (Wildman–Crippen LogP) is 4.88. The molecule has 0 atom stereocenters. The van der Waals surface area contributed by atoms with Gasteiger partial charge in [-0.2, -0.15) is 0 Å². The third-order valence-electron chi connectivity index (χ3n) is 5.46. The van der Waals surface area contributed by atoms with Crippen LogP contribution in [0.3, 0.4) is 0 Å². The molecule has 0 saturated carbocycles. The number of thioether (sulfide) groups is 1. The summed E-state index contributed by atoms with van der Waals surface area (Å²) in [6, 6.07) is 15.6. The lowest BCUT2D eigenvalue weighted by Gasteiger charge is -2.30. The highest BCUT2D eigenvalue weighted by Crippen LogP contribution is 2.22. The summed E-state index contributed by atoms with van der Waals surface area (Å²) in [6.07, 6.45) is 4.17. The van der Waals surface area contributed by atoms with Crippen LogP contribution < -0.4 is 5.32 Å². The number of carbonyl (C=O) groups is 1. The van der Waals surface area contributed by atoms with Crippen molar-refractivity contribution < 1.29 is 4.79 Å². The summed E-state index contributed by atoms with van der Waals surface area (Å²) in [5.74, 6) is 1.00. The second-order valence-corrected chi connectivity index (χ2v) is 9.33. The topological polar surface area (TPSA) is 63.1 Å². The van der Waals surface area contributed by atoms with E-state index in [9.17, 15) is 4.79 Å². The van der Waals surface area contributed by atoms with Gasteiger partial charge in [0.1, 0.15) is 6.33 Å². The molecule has 3 aromatic rings. The first-order valence-electron chi connectivity index (χ1n) is 10.5. The van der Waals surface area contributed by atoms with E-state index in [4.69, 9.17) is 11.6 Å². The number of piperidine rings is 1. The van der Waals surface area contributed by atoms with Crippen LogP contribution in [-0.2, 0) is 11.3 Å². The predicted molar refractivity (Wildman–Crippen MR) is 126 cm³/mol. The Morgan fingerprint density at radius 1 is 1.19 bits per heavy atom. The molecule has 1 saturated heterocycles. The monoisotopic (exact) mass is 455 g/mol. The van der Waals surface area contributed by atoms with Crippen molar-refractivity contribution in [2.75, 3.05) is 24.2 Å². The van der Waals surface area contributed by atoms with Gasteiger partial charge in [0.05, 0.1) is 11.4 Å². The van der Waals surface area contributed by atoms with Gasteiger partial charge in [-0.05, 0) is 67.7 Å². The van der Waals surface area contributed by atoms with Crippen LogP contribution in [0.25, 0.3) is 5.69 Å². The van der Waals surface area contributed by atoms with E-state index in [0.29, 0.717) is 10.2 Å². The molecule has 0 radical (unpaired) electrons. The van der Waals surface area contributed by atoms with Crippen molar-refractivity contribution in [2.24, 2.45) is 5.92 Å². The number of nitrogens with one attached hydrogen (secondary N) is 1. The Balaban J connectivity index is 1.28. The zero-order valence-electron chi connectivity index (χ0n) is 17.5. The van der Waals surface area contributed by atoms with Crippen LogP contribution in [0.5, 0.6) is 0 Å². The fourth-order valence-corrected chi connectivity index (χ4v) is 4.54. The molecule has 8 heteroatoms. The number of hydrogen-bond acceptors (Lipinski definition) is 5. The molecule has 162 valence electrons. The maximum Gasteiger partial charge on any atom is 0.234 e. The van der Waals surface area contributed by atoms with Crippen molar-refractivity contribution in [3.8, 4) is 5.69 Å². The van der Waals surface area contributed by atoms with Crippen molar-refractivity contribution in [3.05, 3.63) is 65.4 Å². The van der Waals surface area contributed by atoms with Crippen LogP contribution in [0.4, 0.5) is 5.69 Å². The summed E-state index contributed by atoms with van der Waals surface area (Å²) >= 11 is 7.41. The number of halogens is 1. The molecule has 1 amide bonds. The Bertz CT molecular complexity index is 1010. The lowest BCUT2D eigenvalue weighted by atomic mass is 9.99. The average molecular weight is 456 g/mol. The zero-order valence-corrected chi connectivity index (χ0v) is 19.1. The van der Waals surface area contributed by atoms with Gasteiger partial charge in [-0.3, -0.25) is 14.3 Å². The highest BCUT2D eigenvalue weighted by molar-refractivity contribution is 7.99. The number of hydrogen-bond donors (Lipinski definition) is 1. The number of nitrogens with zero attached hydrogens (tertiary/aromatic N) is 4. The summed E-state index contributed by atoms with van der Waals surface area (Å²) < 4.78 is 1.82. The van der Waals surface area contributed by atoms with Crippen molar-refractivity contribution >= 4 is 35.0 Å². The number of carbonyl (C=O) groups excluding carboxylic acids is 1. The third-order valence-corrected chi connectivity index (χ3v) is 6.63. The molecule has 2 heterocycles. The lowest BCUT2D eigenvalue weighted by molar-refractivity contribution is -0.113. The Hall–Kier alpha value is -2.35. The van der Waals surface area contributed by atoms with E-state index >= 15 is 0 Å². The van der Waals surface area contributed by atoms with Crippen molar-refractivity contribution in [1.82, 2.24) is 19.7 Å². The molecule has 1 aromatic heterocycles. The van der Waals surface area contributed by atoms with Gasteiger partial charge in [-0.15, -0.1) is 10.2 Å². The minimum atomic E-state index is -0.0802. The molecule has 1 N–H and O–H groups in total. The van der Waals surface area contributed by atoms with Gasteiger partial charge in [0, 0.05) is 17.3 Å². The molecule has 1 aliphatic rings. The smallest absolute Gasteiger partial charge is 0.234 e. The highest BCUT2D eigenvalue weighted by atomic mass is 35.5. The molecule has 1 fully saturated rings. The second-order valence-electron chi connectivity index (χ2n) is 7.96. The summed E-state index contributed by atoms with van der Waals surface area (Å²) in [5, 5.41) is 12.3. The van der Waals surface area contributed by atoms with Crippen molar-refractivity contribution in [2.45, 2.75) is 31.5 Å². The van der Waals surface area contributed by atoms with Crippen LogP contribution in [0, 0.1) is 5.92 Å². The van der Waals surface area contributed by atoms with Gasteiger partial charge in [-0.1, -0.05) is 48.5 Å². The normalized spacial score (nSPS) is 15.2. The van der Waals surface area contributed by atoms with Gasteiger partial charge in [0.25, 0.3) is 0 Å². The number of rotatable bonds is 7. The number of aromatic nitrogens is 3. The Kier molecular flexibility index (Phi) is 7.27. The van der Waals surface area contributed by atoms with Gasteiger partial charge in [0.15, 0.2) is 5.16 Å². The highest BCUT2D eigenvalue weighted by Gasteiger charge is 2.16. The summed E-state index contributed by atoms with van der Waals surface area (Å²) in [7, 11) is 0. The quantitative estimate of drug-likeness (QED) is 0.514. The molecule has 6 nitrogen and oxygen atoms in total. The van der Waals surface area contributed by atoms with Gasteiger partial charge >= 0.3 is 0 Å². The third kappa shape index (κ3) is 6.09. The van der Waals surface area contributed by atoms with Gasteiger partial charge in [-0.25, -0.2) is 0 Å². The minimum absolute atomic E-state index is 0.0802. The molecule has 0 bridgehead atoms. The molecular weight excluding hydrogens is 430 g/mol. The molecule has 2 aromatic carbocycles. The van der Waals surface area contributed by atoms with Crippen molar-refractivity contribution in [1.29, 1.82) is 0 Å². The molecule has 4 rings (SSSR count). The maximum atomic E-state index is 12.4. The van der Waals surface area contributed by atoms with E-state index in [1.54, 1.807) is 6.33 Å². The molecule has 0 spiro atoms. The fourth-order valence-electron chi connectivity index (χ4n) is 3.62. The average Bonchev–Trinajstić information content (AvgIpc) is 3.24. The van der Waals surface area contributed by atoms with E-state index in [1.165, 1.54) is 30.2 Å². The van der Waals surface area contributed by atoms with Gasteiger partial charge < -0.3 is 5.32 Å². The van der Waals surface area contributed by atoms with Crippen LogP contribution in [0.15, 0.2) is 60.0 Å². The molecular formula is C23H26ClN5OS. The number of likely N-dealkylation sites (tertiary alicyclic amines) is 1. The largest absolute Gasteiger partial charge is 0.325 e. The summed E-state index contributed by atoms with van der Waals surface area (Å²) in [4.78, 5) is 14.9. The van der Waals surface area contributed by atoms with E-state index in [0.717, 1.165) is 36.9 Å². The molecule has 0 unspecified atom stereocenters. The van der Waals surface area contributed by atoms with Gasteiger partial charge in [0.2, 0.25) is 5.91 Å². The van der Waals surface area contributed by atoms with E-state index in [-0.39, 0.29) is 11.7 Å². The van der Waals surface area contributed by atoms with Crippen LogP contribution in [-0.4, -0.2) is 44.4 Å². The number of benzene rings is 2. The SMILES string of the molecule is CC1CCN(Cc2ccc(NC(=O)CSc3nncn3-c3cccc(Cl)c3)cc2)CC1. The Labute approximate surface area is 192 Å².